The fourth-order valence-electron chi connectivity index (χ4n) is 6.53. The third-order valence-electron chi connectivity index (χ3n) is 9.19. The topological polar surface area (TPSA) is 59.1 Å². The van der Waals surface area contributed by atoms with E-state index in [-0.39, 0.29) is 11.5 Å². The van der Waals surface area contributed by atoms with E-state index in [2.05, 4.69) is 124 Å². The molecule has 46 heavy (non-hydrogen) atoms. The number of aryl methyl sites for hydroxylation is 2. The highest BCUT2D eigenvalue weighted by atomic mass is 15.5. The van der Waals surface area contributed by atoms with Gasteiger partial charge in [0.15, 0.2) is 0 Å². The van der Waals surface area contributed by atoms with Crippen molar-refractivity contribution < 1.29 is 0 Å². The Morgan fingerprint density at radius 1 is 1.09 bits per heavy atom. The Morgan fingerprint density at radius 3 is 2.50 bits per heavy atom. The van der Waals surface area contributed by atoms with E-state index in [4.69, 9.17) is 10.7 Å². The molecular formula is C41H57N5. The minimum atomic E-state index is -0.0378. The zero-order valence-corrected chi connectivity index (χ0v) is 29.3. The fraction of sp³-hybridized carbons (Fsp3) is 0.439. The number of nitrogens with one attached hydrogen (secondary N) is 1. The average Bonchev–Trinajstić information content (AvgIpc) is 3.36. The van der Waals surface area contributed by atoms with E-state index in [1.807, 2.05) is 12.3 Å². The molecule has 4 aromatic rings. The van der Waals surface area contributed by atoms with Gasteiger partial charge in [-0.3, -0.25) is 10.4 Å². The maximum atomic E-state index is 6.17. The summed E-state index contributed by atoms with van der Waals surface area (Å²) in [6.07, 6.45) is 11.3. The third kappa shape index (κ3) is 9.06. The summed E-state index contributed by atoms with van der Waals surface area (Å²) < 4.78 is 2.50. The molecule has 5 rings (SSSR count). The molecule has 1 fully saturated rings. The van der Waals surface area contributed by atoms with Gasteiger partial charge in [0, 0.05) is 61.1 Å². The smallest absolute Gasteiger partial charge is 0.0542 e. The van der Waals surface area contributed by atoms with Crippen molar-refractivity contribution in [3.05, 3.63) is 102 Å². The van der Waals surface area contributed by atoms with Crippen LogP contribution in [0.15, 0.2) is 85.6 Å². The van der Waals surface area contributed by atoms with Crippen molar-refractivity contribution in [1.82, 2.24) is 20.0 Å². The highest BCUT2D eigenvalue weighted by Gasteiger charge is 2.27. The van der Waals surface area contributed by atoms with Crippen LogP contribution in [0.25, 0.3) is 33.3 Å². The van der Waals surface area contributed by atoms with Gasteiger partial charge in [0.2, 0.25) is 0 Å². The normalized spacial score (nSPS) is 14.5. The van der Waals surface area contributed by atoms with Crippen molar-refractivity contribution in [3.63, 3.8) is 0 Å². The van der Waals surface area contributed by atoms with Gasteiger partial charge in [-0.2, -0.15) is 0 Å². The number of aromatic nitrogens is 2. The molecular weight excluding hydrogens is 562 g/mol. The first-order valence-electron chi connectivity index (χ1n) is 17.2. The Morgan fingerprint density at radius 2 is 1.87 bits per heavy atom. The van der Waals surface area contributed by atoms with Gasteiger partial charge < -0.3 is 10.3 Å². The minimum absolute atomic E-state index is 0.0378. The summed E-state index contributed by atoms with van der Waals surface area (Å²) >= 11 is 0. The second kappa shape index (κ2) is 16.4. The van der Waals surface area contributed by atoms with Gasteiger partial charge >= 0.3 is 0 Å². The summed E-state index contributed by atoms with van der Waals surface area (Å²) in [5.41, 5.74) is 20.9. The molecule has 0 radical (unpaired) electrons. The molecule has 3 N–H and O–H groups in total. The van der Waals surface area contributed by atoms with Crippen LogP contribution in [0.4, 0.5) is 0 Å². The van der Waals surface area contributed by atoms with Gasteiger partial charge in [0.25, 0.3) is 0 Å². The van der Waals surface area contributed by atoms with Crippen molar-refractivity contribution in [2.45, 2.75) is 92.2 Å². The molecule has 0 amide bonds. The Balaban J connectivity index is 0.000000606. The van der Waals surface area contributed by atoms with Crippen LogP contribution < -0.4 is 11.2 Å². The van der Waals surface area contributed by atoms with E-state index in [0.29, 0.717) is 0 Å². The molecule has 5 nitrogen and oxygen atoms in total. The number of hydrazine groups is 1. The molecule has 1 unspecified atom stereocenters. The molecule has 1 atom stereocenters. The number of hydrogen-bond donors (Lipinski definition) is 2. The number of nitrogens with two attached hydrogens (primary N) is 1. The summed E-state index contributed by atoms with van der Waals surface area (Å²) in [6, 6.07) is 20.0. The second-order valence-corrected chi connectivity index (χ2v) is 13.8. The molecule has 3 heterocycles. The standard InChI is InChI=1S/C36H45N3.C5H12N2/c1-8-29(37)22-26-13-11-14-27(21-26)28-16-17-34-31(23-28)32(24-36(6,7)19-18-25(4)5)35(39(34)10-3)30-15-12-20-38-33(30)9-2;1-7-5-3-2-4-6-7/h8,11-17,20-21,23,29H,1,4,9-10,18-19,22,24,37H2,2-3,5-7H3;6H,2-5H2,1H3. The molecule has 2 aromatic heterocycles. The lowest BCUT2D eigenvalue weighted by Crippen LogP contribution is -2.39. The maximum absolute atomic E-state index is 6.17. The van der Waals surface area contributed by atoms with Crippen LogP contribution in [-0.2, 0) is 25.8 Å². The molecule has 0 spiro atoms. The van der Waals surface area contributed by atoms with Crippen LogP contribution >= 0.6 is 0 Å². The Kier molecular flexibility index (Phi) is 12.6. The molecule has 1 saturated heterocycles. The summed E-state index contributed by atoms with van der Waals surface area (Å²) in [6.45, 7) is 22.7. The lowest BCUT2D eigenvalue weighted by atomic mass is 9.79. The van der Waals surface area contributed by atoms with Crippen LogP contribution in [0.3, 0.4) is 0 Å². The highest BCUT2D eigenvalue weighted by molar-refractivity contribution is 5.95. The molecule has 5 heteroatoms. The van der Waals surface area contributed by atoms with E-state index in [1.165, 1.54) is 69.4 Å². The predicted octanol–water partition coefficient (Wildman–Crippen LogP) is 9.15. The van der Waals surface area contributed by atoms with Gasteiger partial charge in [-0.15, -0.1) is 13.2 Å². The van der Waals surface area contributed by atoms with Gasteiger partial charge in [-0.25, -0.2) is 5.01 Å². The van der Waals surface area contributed by atoms with Crippen LogP contribution in [-0.4, -0.2) is 40.7 Å². The van der Waals surface area contributed by atoms with E-state index < -0.39 is 0 Å². The zero-order valence-electron chi connectivity index (χ0n) is 29.3. The number of hydrogen-bond acceptors (Lipinski definition) is 4. The SMILES string of the molecule is C=CC(N)Cc1cccc(-c2ccc3c(c2)c(CC(C)(C)CCC(=C)C)c(-c2cccnc2CC)n3CC)c1.CN1CCCCN1. The number of nitrogens with zero attached hydrogens (tertiary/aromatic N) is 3. The summed E-state index contributed by atoms with van der Waals surface area (Å²) in [7, 11) is 2.08. The van der Waals surface area contributed by atoms with Crippen LogP contribution in [0.2, 0.25) is 0 Å². The summed E-state index contributed by atoms with van der Waals surface area (Å²) in [5, 5.41) is 3.48. The van der Waals surface area contributed by atoms with Gasteiger partial charge in [-0.05, 0) is 111 Å². The third-order valence-corrected chi connectivity index (χ3v) is 9.19. The van der Waals surface area contributed by atoms with Crippen molar-refractivity contribution in [3.8, 4) is 22.4 Å². The molecule has 2 aromatic carbocycles. The average molecular weight is 620 g/mol. The lowest BCUT2D eigenvalue weighted by Gasteiger charge is -2.26. The van der Waals surface area contributed by atoms with Crippen molar-refractivity contribution in [2.24, 2.45) is 11.1 Å². The van der Waals surface area contributed by atoms with Crippen molar-refractivity contribution >= 4 is 10.9 Å². The number of benzene rings is 2. The van der Waals surface area contributed by atoms with Gasteiger partial charge in [-0.1, -0.05) is 62.8 Å². The Labute approximate surface area is 278 Å². The molecule has 1 aliphatic rings. The van der Waals surface area contributed by atoms with E-state index in [1.54, 1.807) is 0 Å². The first-order valence-corrected chi connectivity index (χ1v) is 17.2. The predicted molar refractivity (Wildman–Crippen MR) is 199 cm³/mol. The highest BCUT2D eigenvalue weighted by Crippen LogP contribution is 2.41. The summed E-state index contributed by atoms with van der Waals surface area (Å²) in [4.78, 5) is 4.78. The monoisotopic (exact) mass is 619 g/mol. The lowest BCUT2D eigenvalue weighted by molar-refractivity contribution is 0.194. The summed E-state index contributed by atoms with van der Waals surface area (Å²) in [5.74, 6) is 0. The van der Waals surface area contributed by atoms with Crippen LogP contribution in [0.1, 0.15) is 77.1 Å². The maximum Gasteiger partial charge on any atom is 0.0542 e. The van der Waals surface area contributed by atoms with Crippen LogP contribution in [0.5, 0.6) is 0 Å². The molecule has 0 bridgehead atoms. The molecule has 0 saturated carbocycles. The minimum Gasteiger partial charge on any atom is -0.340 e. The molecule has 246 valence electrons. The molecule has 0 aliphatic carbocycles. The Bertz CT molecular complexity index is 1600. The van der Waals surface area contributed by atoms with Crippen molar-refractivity contribution in [2.75, 3.05) is 20.1 Å². The zero-order chi connectivity index (χ0) is 33.3. The molecule has 1 aliphatic heterocycles. The quantitative estimate of drug-likeness (QED) is 0.155. The largest absolute Gasteiger partial charge is 0.340 e. The van der Waals surface area contributed by atoms with E-state index in [0.717, 1.165) is 50.9 Å². The number of rotatable bonds is 12. The van der Waals surface area contributed by atoms with Gasteiger partial charge in [0.1, 0.15) is 0 Å². The van der Waals surface area contributed by atoms with Crippen LogP contribution in [0, 0.1) is 5.41 Å². The number of pyridine rings is 1. The van der Waals surface area contributed by atoms with E-state index >= 15 is 0 Å². The number of fused-ring (bicyclic) bond motifs is 1. The first-order chi connectivity index (χ1) is 22.1. The van der Waals surface area contributed by atoms with E-state index in [9.17, 15) is 0 Å². The first kappa shape index (κ1) is 35.3. The fourth-order valence-corrected chi connectivity index (χ4v) is 6.53. The second-order valence-electron chi connectivity index (χ2n) is 13.8. The Hall–Kier alpha value is -3.51. The van der Waals surface area contributed by atoms with Crippen molar-refractivity contribution in [1.29, 1.82) is 0 Å². The number of allylic oxidation sites excluding steroid dienone is 1. The van der Waals surface area contributed by atoms with Gasteiger partial charge in [0.05, 0.1) is 5.69 Å².